The summed E-state index contributed by atoms with van der Waals surface area (Å²) in [6.45, 7) is 8.59. The zero-order valence-electron chi connectivity index (χ0n) is 17.0. The van der Waals surface area contributed by atoms with E-state index in [9.17, 15) is 9.59 Å². The van der Waals surface area contributed by atoms with E-state index >= 15 is 0 Å². The van der Waals surface area contributed by atoms with E-state index in [2.05, 4.69) is 31.1 Å². The summed E-state index contributed by atoms with van der Waals surface area (Å²) in [7, 11) is 0. The monoisotopic (exact) mass is 371 g/mol. The first kappa shape index (κ1) is 19.8. The molecule has 0 radical (unpaired) electrons. The molecule has 0 spiro atoms. The molecule has 5 nitrogen and oxygen atoms in total. The fourth-order valence-electron chi connectivity index (χ4n) is 3.91. The second-order valence-electron chi connectivity index (χ2n) is 8.79. The molecule has 1 aliphatic heterocycles. The fourth-order valence-corrected chi connectivity index (χ4v) is 3.91. The third-order valence-corrected chi connectivity index (χ3v) is 6.14. The van der Waals surface area contributed by atoms with Crippen LogP contribution in [0.2, 0.25) is 0 Å². The lowest BCUT2D eigenvalue weighted by molar-refractivity contribution is -0.124. The maximum Gasteiger partial charge on any atom is 0.255 e. The lowest BCUT2D eigenvalue weighted by atomic mass is 9.89. The highest BCUT2D eigenvalue weighted by Crippen LogP contribution is 2.48. The van der Waals surface area contributed by atoms with Gasteiger partial charge in [-0.15, -0.1) is 0 Å². The molecule has 148 valence electrons. The minimum atomic E-state index is -0.0113. The van der Waals surface area contributed by atoms with E-state index in [0.29, 0.717) is 35.6 Å². The van der Waals surface area contributed by atoms with Gasteiger partial charge in [0.25, 0.3) is 5.91 Å². The van der Waals surface area contributed by atoms with Crippen LogP contribution in [0.1, 0.15) is 69.7 Å². The number of carbonyl (C=O) groups is 2. The van der Waals surface area contributed by atoms with Crippen molar-refractivity contribution in [3.63, 3.8) is 0 Å². The van der Waals surface area contributed by atoms with Crippen LogP contribution in [0, 0.1) is 17.3 Å². The molecule has 1 aromatic heterocycles. The van der Waals surface area contributed by atoms with E-state index in [1.807, 2.05) is 17.0 Å². The van der Waals surface area contributed by atoms with E-state index in [0.717, 1.165) is 31.7 Å². The van der Waals surface area contributed by atoms with Gasteiger partial charge in [0.15, 0.2) is 0 Å². The van der Waals surface area contributed by atoms with Crippen molar-refractivity contribution in [1.82, 2.24) is 9.88 Å². The molecule has 5 heteroatoms. The number of hydrogen-bond acceptors (Lipinski definition) is 4. The zero-order chi connectivity index (χ0) is 19.4. The van der Waals surface area contributed by atoms with Crippen LogP contribution in [0.25, 0.3) is 0 Å². The second kappa shape index (κ2) is 8.41. The Morgan fingerprint density at radius 1 is 1.33 bits per heavy atom. The maximum atomic E-state index is 12.8. The molecule has 1 saturated heterocycles. The Bertz CT molecular complexity index is 665. The minimum absolute atomic E-state index is 0.0108. The Balaban J connectivity index is 1.55. The van der Waals surface area contributed by atoms with E-state index in [1.165, 1.54) is 19.3 Å². The number of amides is 1. The molecule has 0 bridgehead atoms. The molecule has 27 heavy (non-hydrogen) atoms. The average Bonchev–Trinajstić information content (AvgIpc) is 3.46. The Kier molecular flexibility index (Phi) is 6.18. The van der Waals surface area contributed by atoms with Gasteiger partial charge in [0, 0.05) is 38.2 Å². The molecule has 1 atom stereocenters. The Labute approximate surface area is 162 Å². The van der Waals surface area contributed by atoms with Crippen LogP contribution >= 0.6 is 0 Å². The first-order chi connectivity index (χ1) is 12.9. The predicted molar refractivity (Wildman–Crippen MR) is 108 cm³/mol. The molecule has 1 amide bonds. The SMILES string of the molecule is CCC1(CNc2ccc(C(=O)N3CCCC(C(=O)CC(C)C)C3)cn2)CC1. The van der Waals surface area contributed by atoms with E-state index in [1.54, 1.807) is 6.20 Å². The normalized spacial score (nSPS) is 21.2. The molecular formula is C22H33N3O2. The quantitative estimate of drug-likeness (QED) is 0.746. The van der Waals surface area contributed by atoms with Crippen molar-refractivity contribution in [2.75, 3.05) is 25.0 Å². The summed E-state index contributed by atoms with van der Waals surface area (Å²) >= 11 is 0. The largest absolute Gasteiger partial charge is 0.370 e. The van der Waals surface area contributed by atoms with Gasteiger partial charge in [-0.3, -0.25) is 9.59 Å². The van der Waals surface area contributed by atoms with Gasteiger partial charge in [0.1, 0.15) is 11.6 Å². The molecular weight excluding hydrogens is 338 g/mol. The number of nitrogens with one attached hydrogen (secondary N) is 1. The molecule has 1 aromatic rings. The molecule has 1 saturated carbocycles. The smallest absolute Gasteiger partial charge is 0.255 e. The number of Topliss-reactive ketones (excluding diaryl/α,β-unsaturated/α-hetero) is 1. The number of piperidine rings is 1. The number of aromatic nitrogens is 1. The first-order valence-electron chi connectivity index (χ1n) is 10.4. The zero-order valence-corrected chi connectivity index (χ0v) is 17.0. The number of anilines is 1. The van der Waals surface area contributed by atoms with Crippen molar-refractivity contribution < 1.29 is 9.59 Å². The van der Waals surface area contributed by atoms with Gasteiger partial charge in [0.05, 0.1) is 5.56 Å². The molecule has 2 heterocycles. The molecule has 2 fully saturated rings. The lowest BCUT2D eigenvalue weighted by Crippen LogP contribution is -2.42. The third-order valence-electron chi connectivity index (χ3n) is 6.14. The van der Waals surface area contributed by atoms with Gasteiger partial charge < -0.3 is 10.2 Å². The predicted octanol–water partition coefficient (Wildman–Crippen LogP) is 4.15. The second-order valence-corrected chi connectivity index (χ2v) is 8.79. The number of carbonyl (C=O) groups excluding carboxylic acids is 2. The molecule has 0 aromatic carbocycles. The summed E-state index contributed by atoms with van der Waals surface area (Å²) in [6.07, 6.45) is 7.84. The van der Waals surface area contributed by atoms with Gasteiger partial charge in [-0.2, -0.15) is 0 Å². The van der Waals surface area contributed by atoms with Gasteiger partial charge in [-0.25, -0.2) is 4.98 Å². The van der Waals surface area contributed by atoms with Crippen molar-refractivity contribution in [2.24, 2.45) is 17.3 Å². The molecule has 2 aliphatic rings. The molecule has 1 N–H and O–H groups in total. The highest BCUT2D eigenvalue weighted by Gasteiger charge is 2.40. The van der Waals surface area contributed by atoms with Gasteiger partial charge in [0.2, 0.25) is 0 Å². The first-order valence-corrected chi connectivity index (χ1v) is 10.4. The highest BCUT2D eigenvalue weighted by atomic mass is 16.2. The van der Waals surface area contributed by atoms with Gasteiger partial charge >= 0.3 is 0 Å². The standard InChI is InChI=1S/C22H33N3O2/c1-4-22(9-10-22)15-24-20-8-7-17(13-23-20)21(27)25-11-5-6-18(14-25)19(26)12-16(2)3/h7-8,13,16,18H,4-6,9-12,14-15H2,1-3H3,(H,23,24). The number of pyridine rings is 1. The topological polar surface area (TPSA) is 62.3 Å². The fraction of sp³-hybridized carbons (Fsp3) is 0.682. The molecule has 1 unspecified atom stereocenters. The lowest BCUT2D eigenvalue weighted by Gasteiger charge is -2.32. The summed E-state index contributed by atoms with van der Waals surface area (Å²) < 4.78 is 0. The molecule has 1 aliphatic carbocycles. The average molecular weight is 372 g/mol. The van der Waals surface area contributed by atoms with Crippen molar-refractivity contribution in [3.05, 3.63) is 23.9 Å². The van der Waals surface area contributed by atoms with Crippen LogP contribution in [-0.4, -0.2) is 41.2 Å². The Hall–Kier alpha value is -1.91. The van der Waals surface area contributed by atoms with Crippen LogP contribution in [0.15, 0.2) is 18.3 Å². The van der Waals surface area contributed by atoms with E-state index in [4.69, 9.17) is 0 Å². The number of ketones is 1. The van der Waals surface area contributed by atoms with Gasteiger partial charge in [-0.05, 0) is 55.6 Å². The van der Waals surface area contributed by atoms with Crippen LogP contribution < -0.4 is 5.32 Å². The van der Waals surface area contributed by atoms with E-state index < -0.39 is 0 Å². The minimum Gasteiger partial charge on any atom is -0.370 e. The summed E-state index contributed by atoms with van der Waals surface area (Å²) in [6, 6.07) is 3.74. The molecule has 3 rings (SSSR count). The number of rotatable bonds is 8. The van der Waals surface area contributed by atoms with Gasteiger partial charge in [-0.1, -0.05) is 20.8 Å². The summed E-state index contributed by atoms with van der Waals surface area (Å²) in [4.78, 5) is 31.5. The summed E-state index contributed by atoms with van der Waals surface area (Å²) in [5, 5.41) is 3.40. The Morgan fingerprint density at radius 3 is 2.70 bits per heavy atom. The maximum absolute atomic E-state index is 12.8. The van der Waals surface area contributed by atoms with E-state index in [-0.39, 0.29) is 11.8 Å². The Morgan fingerprint density at radius 2 is 2.11 bits per heavy atom. The number of nitrogens with zero attached hydrogens (tertiary/aromatic N) is 2. The van der Waals surface area contributed by atoms with Crippen LogP contribution in [0.3, 0.4) is 0 Å². The van der Waals surface area contributed by atoms with Crippen LogP contribution in [0.4, 0.5) is 5.82 Å². The van der Waals surface area contributed by atoms with Crippen molar-refractivity contribution in [3.8, 4) is 0 Å². The summed E-state index contributed by atoms with van der Waals surface area (Å²) in [5.41, 5.74) is 1.07. The van der Waals surface area contributed by atoms with Crippen LogP contribution in [0.5, 0.6) is 0 Å². The van der Waals surface area contributed by atoms with Crippen molar-refractivity contribution in [2.45, 2.75) is 59.3 Å². The van der Waals surface area contributed by atoms with Crippen LogP contribution in [-0.2, 0) is 4.79 Å². The third kappa shape index (κ3) is 5.08. The number of likely N-dealkylation sites (tertiary alicyclic amines) is 1. The summed E-state index contributed by atoms with van der Waals surface area (Å²) in [5.74, 6) is 1.47. The number of hydrogen-bond donors (Lipinski definition) is 1. The van der Waals surface area contributed by atoms with Crippen molar-refractivity contribution >= 4 is 17.5 Å². The highest BCUT2D eigenvalue weighted by molar-refractivity contribution is 5.94. The van der Waals surface area contributed by atoms with Crippen molar-refractivity contribution in [1.29, 1.82) is 0 Å².